The number of hydrogen-bond acceptors (Lipinski definition) is 6. The van der Waals surface area contributed by atoms with E-state index in [4.69, 9.17) is 29.8 Å². The third-order valence-electron chi connectivity index (χ3n) is 12.8. The van der Waals surface area contributed by atoms with Gasteiger partial charge in [-0.15, -0.1) is 0 Å². The Balaban J connectivity index is 0.800. The van der Waals surface area contributed by atoms with Crippen molar-refractivity contribution < 1.29 is 13.3 Å². The van der Waals surface area contributed by atoms with Gasteiger partial charge >= 0.3 is 0 Å². The topological polar surface area (TPSA) is 93.9 Å². The van der Waals surface area contributed by atoms with E-state index < -0.39 is 0 Å². The number of para-hydroxylation sites is 4. The van der Waals surface area contributed by atoms with E-state index in [2.05, 4.69) is 142 Å². The number of rotatable bonds is 5. The number of fused-ring (bicyclic) bond motifs is 12. The molecule has 0 fully saturated rings. The number of nitrogens with zero attached hydrogens (tertiary/aromatic N) is 3. The molecule has 0 amide bonds. The van der Waals surface area contributed by atoms with Crippen LogP contribution in [0, 0.1) is 0 Å². The number of hydrogen-bond donors (Lipinski definition) is 1. The Hall–Kier alpha value is -8.52. The van der Waals surface area contributed by atoms with Crippen LogP contribution in [-0.2, 0) is 0 Å². The van der Waals surface area contributed by atoms with Gasteiger partial charge in [0.15, 0.2) is 11.6 Å². The maximum atomic E-state index is 6.76. The van der Waals surface area contributed by atoms with Gasteiger partial charge in [0.2, 0.25) is 5.28 Å². The van der Waals surface area contributed by atoms with Crippen molar-refractivity contribution >= 4 is 99.2 Å². The van der Waals surface area contributed by atoms with Crippen LogP contribution in [-0.4, -0.2) is 19.9 Å². The van der Waals surface area contributed by atoms with Gasteiger partial charge in [-0.2, -0.15) is 9.97 Å². The molecule has 0 aliphatic heterocycles. The molecule has 8 heteroatoms. The molecule has 1 N–H and O–H groups in total. The summed E-state index contributed by atoms with van der Waals surface area (Å²) >= 11 is 6.53. The molecule has 0 aliphatic carbocycles. The lowest BCUT2D eigenvalue weighted by Crippen LogP contribution is -1.97. The summed E-state index contributed by atoms with van der Waals surface area (Å²) in [5.41, 5.74) is 15.1. The van der Waals surface area contributed by atoms with Crippen LogP contribution in [0.3, 0.4) is 0 Å². The highest BCUT2D eigenvalue weighted by Crippen LogP contribution is 2.41. The van der Waals surface area contributed by atoms with E-state index in [1.54, 1.807) is 0 Å². The molecule has 0 saturated heterocycles. The quantitative estimate of drug-likeness (QED) is 0.185. The molecule has 0 radical (unpaired) electrons. The third kappa shape index (κ3) is 5.66. The molecular formula is C57H31ClN4O3. The fraction of sp³-hybridized carbons (Fsp3) is 0. The molecule has 0 atom stereocenters. The maximum absolute atomic E-state index is 6.76. The SMILES string of the molecule is Clc1nc(-c2ccc3c(c2)oc2ccccc23)nc(-c2ccc3c(c2)oc2cc(-c4cccc5c4oc4cc(-c6cccc(-c7cccc8c7[nH]c7ccccc78)c6)ccc45)ccc23)n1. The second kappa shape index (κ2) is 13.7. The van der Waals surface area contributed by atoms with Crippen molar-refractivity contribution in [3.05, 3.63) is 187 Å². The Bertz CT molecular complexity index is 4290. The second-order valence-electron chi connectivity index (χ2n) is 16.6. The molecule has 0 bridgehead atoms. The van der Waals surface area contributed by atoms with Crippen LogP contribution < -0.4 is 0 Å². The first-order valence-corrected chi connectivity index (χ1v) is 21.8. The number of nitrogens with one attached hydrogen (secondary N) is 1. The van der Waals surface area contributed by atoms with Gasteiger partial charge < -0.3 is 18.2 Å². The number of aromatic amines is 1. The lowest BCUT2D eigenvalue weighted by atomic mass is 9.96. The molecule has 304 valence electrons. The summed E-state index contributed by atoms with van der Waals surface area (Å²) in [6, 6.07) is 62.9. The first-order valence-electron chi connectivity index (χ1n) is 21.4. The Morgan fingerprint density at radius 1 is 0.338 bits per heavy atom. The number of halogens is 1. The molecule has 65 heavy (non-hydrogen) atoms. The zero-order valence-electron chi connectivity index (χ0n) is 34.3. The van der Waals surface area contributed by atoms with Gasteiger partial charge in [0.25, 0.3) is 0 Å². The molecule has 5 aromatic heterocycles. The molecule has 7 nitrogen and oxygen atoms in total. The summed E-state index contributed by atoms with van der Waals surface area (Å²) in [6.07, 6.45) is 0. The summed E-state index contributed by atoms with van der Waals surface area (Å²) in [7, 11) is 0. The summed E-state index contributed by atoms with van der Waals surface area (Å²) in [4.78, 5) is 17.5. The van der Waals surface area contributed by atoms with Crippen LogP contribution in [0.5, 0.6) is 0 Å². The molecular weight excluding hydrogens is 824 g/mol. The molecule has 14 aromatic rings. The van der Waals surface area contributed by atoms with Gasteiger partial charge in [0.1, 0.15) is 33.5 Å². The highest BCUT2D eigenvalue weighted by Gasteiger charge is 2.18. The Kier molecular flexibility index (Phi) is 7.61. The first kappa shape index (κ1) is 36.0. The summed E-state index contributed by atoms with van der Waals surface area (Å²) in [5, 5.41) is 8.77. The van der Waals surface area contributed by atoms with E-state index in [0.717, 1.165) is 110 Å². The number of H-pyrrole nitrogens is 1. The van der Waals surface area contributed by atoms with E-state index in [0.29, 0.717) is 17.2 Å². The van der Waals surface area contributed by atoms with Crippen LogP contribution in [0.2, 0.25) is 5.28 Å². The second-order valence-corrected chi connectivity index (χ2v) is 16.9. The lowest BCUT2D eigenvalue weighted by molar-refractivity contribution is 0.668. The predicted molar refractivity (Wildman–Crippen MR) is 263 cm³/mol. The molecule has 9 aromatic carbocycles. The monoisotopic (exact) mass is 854 g/mol. The zero-order valence-corrected chi connectivity index (χ0v) is 35.0. The highest BCUT2D eigenvalue weighted by atomic mass is 35.5. The number of furan rings is 3. The average molecular weight is 855 g/mol. The fourth-order valence-electron chi connectivity index (χ4n) is 9.74. The largest absolute Gasteiger partial charge is 0.456 e. The minimum Gasteiger partial charge on any atom is -0.456 e. The van der Waals surface area contributed by atoms with Crippen LogP contribution >= 0.6 is 11.6 Å². The minimum atomic E-state index is 0.101. The fourth-order valence-corrected chi connectivity index (χ4v) is 9.90. The summed E-state index contributed by atoms with van der Waals surface area (Å²) in [5.74, 6) is 0.903. The van der Waals surface area contributed by atoms with Gasteiger partial charge in [-0.05, 0) is 101 Å². The van der Waals surface area contributed by atoms with Crippen molar-refractivity contribution in [3.63, 3.8) is 0 Å². The van der Waals surface area contributed by atoms with Gasteiger partial charge in [-0.25, -0.2) is 4.98 Å². The van der Waals surface area contributed by atoms with Crippen molar-refractivity contribution in [1.82, 2.24) is 19.9 Å². The Morgan fingerprint density at radius 2 is 0.831 bits per heavy atom. The summed E-state index contributed by atoms with van der Waals surface area (Å²) < 4.78 is 19.5. The highest BCUT2D eigenvalue weighted by molar-refractivity contribution is 6.28. The zero-order chi connectivity index (χ0) is 42.8. The minimum absolute atomic E-state index is 0.101. The van der Waals surface area contributed by atoms with Crippen LogP contribution in [0.4, 0.5) is 0 Å². The molecule has 14 rings (SSSR count). The van der Waals surface area contributed by atoms with Gasteiger partial charge in [0, 0.05) is 70.9 Å². The van der Waals surface area contributed by atoms with Gasteiger partial charge in [0.05, 0.1) is 5.52 Å². The predicted octanol–water partition coefficient (Wildman–Crippen LogP) is 16.2. The Morgan fingerprint density at radius 3 is 1.60 bits per heavy atom. The van der Waals surface area contributed by atoms with E-state index in [1.165, 1.54) is 16.3 Å². The van der Waals surface area contributed by atoms with E-state index >= 15 is 0 Å². The van der Waals surface area contributed by atoms with E-state index in [-0.39, 0.29) is 5.28 Å². The molecule has 0 saturated carbocycles. The van der Waals surface area contributed by atoms with Crippen molar-refractivity contribution in [1.29, 1.82) is 0 Å². The van der Waals surface area contributed by atoms with E-state index in [1.807, 2.05) is 54.6 Å². The molecule has 5 heterocycles. The normalized spacial score (nSPS) is 12.1. The lowest BCUT2D eigenvalue weighted by Gasteiger charge is -2.08. The van der Waals surface area contributed by atoms with E-state index in [9.17, 15) is 0 Å². The standard InChI is InChI=1S/C57H31ClN4O3/c58-57-61-55(35-20-24-41-40-11-2-4-17-48(40)63-50(41)29-35)60-56(62-57)36-21-25-43-42-23-19-34(28-49(42)64-51(43)30-36)38-13-7-15-46-44-22-18-32(27-52(44)65-54(38)46)31-8-5-9-33(26-31)37-12-6-14-45-39-10-1-3-16-47(39)59-53(37)45/h1-30,59H. The molecule has 0 unspecified atom stereocenters. The number of aromatic nitrogens is 4. The van der Waals surface area contributed by atoms with Crippen molar-refractivity contribution in [2.45, 2.75) is 0 Å². The number of benzene rings is 9. The molecule has 0 spiro atoms. The van der Waals surface area contributed by atoms with Crippen molar-refractivity contribution in [3.8, 4) is 56.2 Å². The van der Waals surface area contributed by atoms with Crippen LogP contribution in [0.25, 0.3) is 144 Å². The van der Waals surface area contributed by atoms with Crippen LogP contribution in [0.1, 0.15) is 0 Å². The van der Waals surface area contributed by atoms with Crippen LogP contribution in [0.15, 0.2) is 195 Å². The Labute approximate surface area is 374 Å². The molecule has 0 aliphatic rings. The van der Waals surface area contributed by atoms with Crippen molar-refractivity contribution in [2.75, 3.05) is 0 Å². The maximum Gasteiger partial charge on any atom is 0.226 e. The van der Waals surface area contributed by atoms with Gasteiger partial charge in [-0.3, -0.25) is 0 Å². The third-order valence-corrected chi connectivity index (χ3v) is 13.0. The summed E-state index contributed by atoms with van der Waals surface area (Å²) in [6.45, 7) is 0. The van der Waals surface area contributed by atoms with Gasteiger partial charge in [-0.1, -0.05) is 115 Å². The van der Waals surface area contributed by atoms with Crippen molar-refractivity contribution in [2.24, 2.45) is 0 Å². The average Bonchev–Trinajstić information content (AvgIpc) is 4.12. The first-order chi connectivity index (χ1) is 32.1. The smallest absolute Gasteiger partial charge is 0.226 e.